The van der Waals surface area contributed by atoms with Crippen molar-refractivity contribution < 1.29 is 22.3 Å². The average Bonchev–Trinajstić information content (AvgIpc) is 2.83. The van der Waals surface area contributed by atoms with Crippen LogP contribution in [0.1, 0.15) is 54.9 Å². The first-order valence-electron chi connectivity index (χ1n) is 7.73. The zero-order chi connectivity index (χ0) is 16.0. The van der Waals surface area contributed by atoms with Crippen LogP contribution in [0.2, 0.25) is 0 Å². The summed E-state index contributed by atoms with van der Waals surface area (Å²) in [4.78, 5) is 0. The van der Waals surface area contributed by atoms with Crippen LogP contribution in [0.4, 0.5) is 8.78 Å². The third-order valence-corrected chi connectivity index (χ3v) is 7.18. The van der Waals surface area contributed by atoms with Crippen molar-refractivity contribution in [2.45, 2.75) is 55.8 Å². The largest absolute Gasteiger partial charge is 0.389 e. The number of sulfone groups is 1. The molecule has 3 rings (SSSR count). The molecular weight excluding hydrogens is 310 g/mol. The van der Waals surface area contributed by atoms with Gasteiger partial charge in [0.25, 0.3) is 0 Å². The second kappa shape index (κ2) is 5.57. The summed E-state index contributed by atoms with van der Waals surface area (Å²) in [7, 11) is -3.65. The van der Waals surface area contributed by atoms with Crippen molar-refractivity contribution in [3.8, 4) is 0 Å². The highest BCUT2D eigenvalue weighted by atomic mass is 32.2. The second-order valence-corrected chi connectivity index (χ2v) is 8.76. The SMILES string of the molecule is O=S(=O)(CC1(O)CCCCC1)[C@@H]1CCc2c(F)cc(F)cc21. The Balaban J connectivity index is 1.89. The molecule has 6 heteroatoms. The molecule has 22 heavy (non-hydrogen) atoms. The van der Waals surface area contributed by atoms with Crippen molar-refractivity contribution in [3.63, 3.8) is 0 Å². The Morgan fingerprint density at radius 3 is 2.55 bits per heavy atom. The van der Waals surface area contributed by atoms with Crippen LogP contribution in [0.15, 0.2) is 12.1 Å². The molecule has 1 saturated carbocycles. The van der Waals surface area contributed by atoms with Gasteiger partial charge in [0, 0.05) is 6.07 Å². The zero-order valence-electron chi connectivity index (χ0n) is 12.3. The molecule has 0 saturated heterocycles. The number of hydrogen-bond donors (Lipinski definition) is 1. The summed E-state index contributed by atoms with van der Waals surface area (Å²) >= 11 is 0. The third-order valence-electron chi connectivity index (χ3n) is 4.89. The molecule has 0 unspecified atom stereocenters. The maximum Gasteiger partial charge on any atom is 0.160 e. The van der Waals surface area contributed by atoms with Crippen molar-refractivity contribution in [1.82, 2.24) is 0 Å². The van der Waals surface area contributed by atoms with Gasteiger partial charge in [0.15, 0.2) is 9.84 Å². The number of halogens is 2. The van der Waals surface area contributed by atoms with Crippen LogP contribution in [0.3, 0.4) is 0 Å². The lowest BCUT2D eigenvalue weighted by Gasteiger charge is -2.32. The number of aliphatic hydroxyl groups is 1. The fourth-order valence-electron chi connectivity index (χ4n) is 3.81. The van der Waals surface area contributed by atoms with Crippen LogP contribution < -0.4 is 0 Å². The van der Waals surface area contributed by atoms with Crippen molar-refractivity contribution in [2.24, 2.45) is 0 Å². The molecule has 1 N–H and O–H groups in total. The molecule has 122 valence electrons. The Kier molecular flexibility index (Phi) is 4.01. The zero-order valence-corrected chi connectivity index (χ0v) is 13.1. The van der Waals surface area contributed by atoms with Gasteiger partial charge in [-0.3, -0.25) is 0 Å². The molecule has 0 radical (unpaired) electrons. The third kappa shape index (κ3) is 2.91. The van der Waals surface area contributed by atoms with E-state index in [1.165, 1.54) is 0 Å². The molecule has 1 fully saturated rings. The molecule has 0 spiro atoms. The first-order chi connectivity index (χ1) is 10.3. The van der Waals surface area contributed by atoms with Crippen LogP contribution in [-0.4, -0.2) is 24.9 Å². The average molecular weight is 330 g/mol. The topological polar surface area (TPSA) is 54.4 Å². The Labute approximate surface area is 129 Å². The Morgan fingerprint density at radius 2 is 1.86 bits per heavy atom. The molecule has 2 aliphatic rings. The standard InChI is InChI=1S/C16H20F2O3S/c17-11-8-13-12(14(18)9-11)4-5-15(13)22(20,21)10-16(19)6-2-1-3-7-16/h8-9,15,19H,1-7,10H2/t15-/m1/s1. The Hall–Kier alpha value is -1.01. The second-order valence-electron chi connectivity index (χ2n) is 6.57. The molecule has 1 aromatic rings. The van der Waals surface area contributed by atoms with Gasteiger partial charge in [-0.05, 0) is 42.9 Å². The molecule has 0 amide bonds. The minimum Gasteiger partial charge on any atom is -0.389 e. The van der Waals surface area contributed by atoms with Crippen molar-refractivity contribution >= 4 is 9.84 Å². The lowest BCUT2D eigenvalue weighted by atomic mass is 9.86. The lowest BCUT2D eigenvalue weighted by molar-refractivity contribution is 0.0255. The van der Waals surface area contributed by atoms with E-state index in [9.17, 15) is 22.3 Å². The minimum atomic E-state index is -3.65. The van der Waals surface area contributed by atoms with E-state index in [4.69, 9.17) is 0 Å². The van der Waals surface area contributed by atoms with E-state index < -0.39 is 32.3 Å². The molecule has 1 atom stereocenters. The minimum absolute atomic E-state index is 0.233. The highest BCUT2D eigenvalue weighted by Crippen LogP contribution is 2.41. The lowest BCUT2D eigenvalue weighted by Crippen LogP contribution is -2.40. The van der Waals surface area contributed by atoms with E-state index in [0.717, 1.165) is 31.4 Å². The summed E-state index contributed by atoms with van der Waals surface area (Å²) < 4.78 is 52.6. The monoisotopic (exact) mass is 330 g/mol. The molecule has 0 aliphatic heterocycles. The highest BCUT2D eigenvalue weighted by Gasteiger charge is 2.41. The smallest absolute Gasteiger partial charge is 0.160 e. The quantitative estimate of drug-likeness (QED) is 0.927. The number of benzene rings is 1. The predicted octanol–water partition coefficient (Wildman–Crippen LogP) is 3.06. The van der Waals surface area contributed by atoms with Crippen molar-refractivity contribution in [2.75, 3.05) is 5.75 Å². The van der Waals surface area contributed by atoms with Crippen LogP contribution in [0, 0.1) is 11.6 Å². The summed E-state index contributed by atoms with van der Waals surface area (Å²) in [6.07, 6.45) is 4.14. The van der Waals surface area contributed by atoms with Gasteiger partial charge < -0.3 is 5.11 Å². The Morgan fingerprint density at radius 1 is 1.18 bits per heavy atom. The van der Waals surface area contributed by atoms with Gasteiger partial charge in [0.1, 0.15) is 11.6 Å². The van der Waals surface area contributed by atoms with Crippen LogP contribution in [0.25, 0.3) is 0 Å². The summed E-state index contributed by atoms with van der Waals surface area (Å²) in [6, 6.07) is 1.92. The first kappa shape index (κ1) is 15.9. The molecule has 0 bridgehead atoms. The van der Waals surface area contributed by atoms with E-state index in [-0.39, 0.29) is 17.7 Å². The van der Waals surface area contributed by atoms with E-state index in [0.29, 0.717) is 24.8 Å². The summed E-state index contributed by atoms with van der Waals surface area (Å²) in [6.45, 7) is 0. The fourth-order valence-corrected chi connectivity index (χ4v) is 6.12. The van der Waals surface area contributed by atoms with Gasteiger partial charge in [-0.1, -0.05) is 19.3 Å². The van der Waals surface area contributed by atoms with E-state index in [1.54, 1.807) is 0 Å². The van der Waals surface area contributed by atoms with E-state index in [1.807, 2.05) is 0 Å². The van der Waals surface area contributed by atoms with Gasteiger partial charge in [0.05, 0.1) is 16.6 Å². The van der Waals surface area contributed by atoms with Gasteiger partial charge in [-0.15, -0.1) is 0 Å². The van der Waals surface area contributed by atoms with Gasteiger partial charge in [-0.2, -0.15) is 0 Å². The van der Waals surface area contributed by atoms with Gasteiger partial charge in [0.2, 0.25) is 0 Å². The molecule has 3 nitrogen and oxygen atoms in total. The van der Waals surface area contributed by atoms with Crippen LogP contribution in [-0.2, 0) is 16.3 Å². The molecule has 0 aromatic heterocycles. The predicted molar refractivity (Wildman–Crippen MR) is 79.2 cm³/mol. The molecule has 2 aliphatic carbocycles. The number of fused-ring (bicyclic) bond motifs is 1. The molecular formula is C16H20F2O3S. The van der Waals surface area contributed by atoms with E-state index >= 15 is 0 Å². The number of hydrogen-bond acceptors (Lipinski definition) is 3. The van der Waals surface area contributed by atoms with Crippen LogP contribution in [0.5, 0.6) is 0 Å². The van der Waals surface area contributed by atoms with Crippen LogP contribution >= 0.6 is 0 Å². The Bertz CT molecular complexity index is 679. The first-order valence-corrected chi connectivity index (χ1v) is 9.44. The molecule has 1 aromatic carbocycles. The fraction of sp³-hybridized carbons (Fsp3) is 0.625. The van der Waals surface area contributed by atoms with Crippen molar-refractivity contribution in [3.05, 3.63) is 34.9 Å². The van der Waals surface area contributed by atoms with E-state index in [2.05, 4.69) is 0 Å². The highest BCUT2D eigenvalue weighted by molar-refractivity contribution is 7.91. The summed E-state index contributed by atoms with van der Waals surface area (Å²) in [5.74, 6) is -1.75. The molecule has 0 heterocycles. The maximum atomic E-state index is 13.8. The summed E-state index contributed by atoms with van der Waals surface area (Å²) in [5.41, 5.74) is -0.659. The van der Waals surface area contributed by atoms with Gasteiger partial charge >= 0.3 is 0 Å². The normalized spacial score (nSPS) is 24.2. The number of rotatable bonds is 3. The summed E-state index contributed by atoms with van der Waals surface area (Å²) in [5, 5.41) is 9.59. The van der Waals surface area contributed by atoms with Crippen molar-refractivity contribution in [1.29, 1.82) is 0 Å². The maximum absolute atomic E-state index is 13.8. The van der Waals surface area contributed by atoms with Gasteiger partial charge in [-0.25, -0.2) is 17.2 Å².